The van der Waals surface area contributed by atoms with Gasteiger partial charge in [0.15, 0.2) is 11.5 Å². The summed E-state index contributed by atoms with van der Waals surface area (Å²) in [6.07, 6.45) is 0.709. The second-order valence-corrected chi connectivity index (χ2v) is 8.21. The standard InChI is InChI=1S/C28H29NO4/c1-19(30)26(27(20-10-6-4-7-11-20)21-12-8-5-9-13-21)28(31)29-15-14-22-16-24(32-2)25(33-3)17-23(22)18-29/h4-13,16-17,27,30H,14-15,18H2,1-3H3. The van der Waals surface area contributed by atoms with E-state index in [1.807, 2.05) is 77.7 Å². The minimum atomic E-state index is -0.364. The summed E-state index contributed by atoms with van der Waals surface area (Å²) in [6.45, 7) is 2.61. The number of fused-ring (bicyclic) bond motifs is 1. The fourth-order valence-corrected chi connectivity index (χ4v) is 4.53. The number of hydrogen-bond acceptors (Lipinski definition) is 4. The van der Waals surface area contributed by atoms with Crippen LogP contribution in [0.3, 0.4) is 0 Å². The summed E-state index contributed by atoms with van der Waals surface area (Å²) in [5, 5.41) is 10.7. The largest absolute Gasteiger partial charge is 0.512 e. The van der Waals surface area contributed by atoms with Crippen LogP contribution in [0, 0.1) is 0 Å². The van der Waals surface area contributed by atoms with Gasteiger partial charge in [-0.3, -0.25) is 4.79 Å². The Morgan fingerprint density at radius 2 is 1.39 bits per heavy atom. The maximum atomic E-state index is 13.9. The molecule has 0 unspecified atom stereocenters. The highest BCUT2D eigenvalue weighted by Gasteiger charge is 2.32. The molecule has 0 radical (unpaired) electrons. The van der Waals surface area contributed by atoms with Crippen molar-refractivity contribution in [2.24, 2.45) is 0 Å². The molecule has 1 N–H and O–H groups in total. The number of benzene rings is 3. The Morgan fingerprint density at radius 1 is 0.879 bits per heavy atom. The van der Waals surface area contributed by atoms with E-state index >= 15 is 0 Å². The van der Waals surface area contributed by atoms with Gasteiger partial charge in [0.1, 0.15) is 0 Å². The Bertz CT molecular complexity index is 1110. The summed E-state index contributed by atoms with van der Waals surface area (Å²) in [6, 6.07) is 23.6. The van der Waals surface area contributed by atoms with Gasteiger partial charge >= 0.3 is 0 Å². The minimum absolute atomic E-state index is 0.0378. The van der Waals surface area contributed by atoms with Gasteiger partial charge in [0.05, 0.1) is 25.6 Å². The van der Waals surface area contributed by atoms with Crippen LogP contribution in [0.15, 0.2) is 84.1 Å². The summed E-state index contributed by atoms with van der Waals surface area (Å²) in [7, 11) is 3.23. The fourth-order valence-electron chi connectivity index (χ4n) is 4.53. The molecule has 0 saturated heterocycles. The molecule has 1 aliphatic rings. The second-order valence-electron chi connectivity index (χ2n) is 8.21. The fraction of sp³-hybridized carbons (Fsp3) is 0.250. The van der Waals surface area contributed by atoms with Crippen molar-refractivity contribution in [2.75, 3.05) is 20.8 Å². The van der Waals surface area contributed by atoms with E-state index in [2.05, 4.69) is 0 Å². The predicted molar refractivity (Wildman–Crippen MR) is 129 cm³/mol. The lowest BCUT2D eigenvalue weighted by Gasteiger charge is -2.32. The molecule has 0 aliphatic carbocycles. The van der Waals surface area contributed by atoms with Crippen molar-refractivity contribution >= 4 is 5.91 Å². The zero-order valence-corrected chi connectivity index (χ0v) is 19.2. The molecule has 1 heterocycles. The number of amides is 1. The molecular formula is C28H29NO4. The Morgan fingerprint density at radius 3 is 1.88 bits per heavy atom. The first-order valence-electron chi connectivity index (χ1n) is 11.1. The molecule has 0 bridgehead atoms. The van der Waals surface area contributed by atoms with E-state index in [4.69, 9.17) is 9.47 Å². The number of carbonyl (C=O) groups is 1. The number of aliphatic hydroxyl groups excluding tert-OH is 1. The molecule has 5 heteroatoms. The molecule has 1 amide bonds. The summed E-state index contributed by atoms with van der Waals surface area (Å²) in [5.74, 6) is 0.850. The van der Waals surface area contributed by atoms with Crippen LogP contribution in [0.2, 0.25) is 0 Å². The van der Waals surface area contributed by atoms with Crippen molar-refractivity contribution in [3.63, 3.8) is 0 Å². The molecule has 3 aromatic carbocycles. The quantitative estimate of drug-likeness (QED) is 0.417. The molecule has 3 aromatic rings. The SMILES string of the molecule is COc1cc2c(cc1OC)CN(C(=O)C(=C(C)O)C(c1ccccc1)c1ccccc1)CC2. The summed E-state index contributed by atoms with van der Waals surface area (Å²) in [5.41, 5.74) is 4.49. The van der Waals surface area contributed by atoms with E-state index in [1.54, 1.807) is 21.1 Å². The zero-order valence-electron chi connectivity index (χ0n) is 19.2. The van der Waals surface area contributed by atoms with Gasteiger partial charge < -0.3 is 19.5 Å². The first kappa shape index (κ1) is 22.5. The number of nitrogens with zero attached hydrogens (tertiary/aromatic N) is 1. The third-order valence-electron chi connectivity index (χ3n) is 6.18. The average Bonchev–Trinajstić information content (AvgIpc) is 2.86. The van der Waals surface area contributed by atoms with E-state index in [9.17, 15) is 9.90 Å². The van der Waals surface area contributed by atoms with Gasteiger partial charge in [-0.05, 0) is 47.7 Å². The molecule has 33 heavy (non-hydrogen) atoms. The highest BCUT2D eigenvalue weighted by Crippen LogP contribution is 2.37. The van der Waals surface area contributed by atoms with Gasteiger partial charge in [-0.15, -0.1) is 0 Å². The molecule has 0 spiro atoms. The first-order valence-corrected chi connectivity index (χ1v) is 11.1. The van der Waals surface area contributed by atoms with Crippen molar-refractivity contribution in [2.45, 2.75) is 25.8 Å². The van der Waals surface area contributed by atoms with Gasteiger partial charge in [-0.25, -0.2) is 0 Å². The second kappa shape index (κ2) is 9.82. The van der Waals surface area contributed by atoms with Crippen LogP contribution in [0.25, 0.3) is 0 Å². The van der Waals surface area contributed by atoms with Crippen LogP contribution in [0.4, 0.5) is 0 Å². The van der Waals surface area contributed by atoms with Gasteiger partial charge in [-0.2, -0.15) is 0 Å². The molecule has 4 rings (SSSR count). The van der Waals surface area contributed by atoms with Crippen molar-refractivity contribution < 1.29 is 19.4 Å². The molecule has 0 saturated carbocycles. The zero-order chi connectivity index (χ0) is 23.4. The van der Waals surface area contributed by atoms with Crippen LogP contribution in [-0.2, 0) is 17.8 Å². The Hall–Kier alpha value is -3.73. The van der Waals surface area contributed by atoms with Crippen LogP contribution in [0.1, 0.15) is 35.1 Å². The highest BCUT2D eigenvalue weighted by atomic mass is 16.5. The normalized spacial score (nSPS) is 13.9. The van der Waals surface area contributed by atoms with E-state index < -0.39 is 0 Å². The lowest BCUT2D eigenvalue weighted by molar-refractivity contribution is -0.128. The van der Waals surface area contributed by atoms with Crippen LogP contribution >= 0.6 is 0 Å². The molecule has 0 atom stereocenters. The van der Waals surface area contributed by atoms with Crippen LogP contribution in [-0.4, -0.2) is 36.7 Å². The van der Waals surface area contributed by atoms with Crippen LogP contribution in [0.5, 0.6) is 11.5 Å². The lowest BCUT2D eigenvalue weighted by atomic mass is 9.83. The third-order valence-corrected chi connectivity index (χ3v) is 6.18. The van der Waals surface area contributed by atoms with Crippen molar-refractivity contribution in [3.05, 3.63) is 106 Å². The smallest absolute Gasteiger partial charge is 0.254 e. The number of ether oxygens (including phenoxy) is 2. The maximum Gasteiger partial charge on any atom is 0.254 e. The molecule has 0 aromatic heterocycles. The van der Waals surface area contributed by atoms with Gasteiger partial charge in [0.25, 0.3) is 5.91 Å². The topological polar surface area (TPSA) is 59.0 Å². The summed E-state index contributed by atoms with van der Waals surface area (Å²) >= 11 is 0. The molecule has 170 valence electrons. The Balaban J connectivity index is 1.71. The highest BCUT2D eigenvalue weighted by molar-refractivity contribution is 5.96. The van der Waals surface area contributed by atoms with Crippen molar-refractivity contribution in [1.82, 2.24) is 4.90 Å². The maximum absolute atomic E-state index is 13.9. The number of aliphatic hydroxyl groups is 1. The lowest BCUT2D eigenvalue weighted by Crippen LogP contribution is -2.38. The van der Waals surface area contributed by atoms with Crippen LogP contribution < -0.4 is 9.47 Å². The van der Waals surface area contributed by atoms with E-state index in [0.717, 1.165) is 22.3 Å². The van der Waals surface area contributed by atoms with Gasteiger partial charge in [0.2, 0.25) is 0 Å². The van der Waals surface area contributed by atoms with Crippen molar-refractivity contribution in [1.29, 1.82) is 0 Å². The summed E-state index contributed by atoms with van der Waals surface area (Å²) < 4.78 is 10.9. The third kappa shape index (κ3) is 4.58. The van der Waals surface area contributed by atoms with Gasteiger partial charge in [0, 0.05) is 19.0 Å². The Labute approximate surface area is 194 Å². The monoisotopic (exact) mass is 443 g/mol. The first-order chi connectivity index (χ1) is 16.0. The molecule has 1 aliphatic heterocycles. The van der Waals surface area contributed by atoms with E-state index in [-0.39, 0.29) is 17.6 Å². The number of carbonyl (C=O) groups excluding carboxylic acids is 1. The Kier molecular flexibility index (Phi) is 6.68. The predicted octanol–water partition coefficient (Wildman–Crippen LogP) is 5.25. The number of rotatable bonds is 6. The molecular weight excluding hydrogens is 414 g/mol. The number of methoxy groups -OCH3 is 2. The summed E-state index contributed by atoms with van der Waals surface area (Å²) in [4.78, 5) is 15.7. The number of allylic oxidation sites excluding steroid dienone is 1. The van der Waals surface area contributed by atoms with Gasteiger partial charge in [-0.1, -0.05) is 60.7 Å². The van der Waals surface area contributed by atoms with Crippen molar-refractivity contribution in [3.8, 4) is 11.5 Å². The van der Waals surface area contributed by atoms with E-state index in [0.29, 0.717) is 36.6 Å². The average molecular weight is 444 g/mol. The minimum Gasteiger partial charge on any atom is -0.512 e. The van der Waals surface area contributed by atoms with E-state index in [1.165, 1.54) is 0 Å². The molecule has 5 nitrogen and oxygen atoms in total. The number of hydrogen-bond donors (Lipinski definition) is 1. The molecule has 0 fully saturated rings.